The van der Waals surface area contributed by atoms with Gasteiger partial charge in [0, 0.05) is 13.2 Å². The Morgan fingerprint density at radius 3 is 2.25 bits per heavy atom. The fourth-order valence-electron chi connectivity index (χ4n) is 2.26. The minimum absolute atomic E-state index is 0.0440. The second-order valence-corrected chi connectivity index (χ2v) is 5.27. The van der Waals surface area contributed by atoms with Crippen molar-refractivity contribution in [1.82, 2.24) is 0 Å². The highest BCUT2D eigenvalue weighted by Gasteiger charge is 2.33. The highest BCUT2D eigenvalue weighted by atomic mass is 16.6. The molecule has 1 aliphatic heterocycles. The first-order valence-corrected chi connectivity index (χ1v) is 7.99. The van der Waals surface area contributed by atoms with Crippen molar-refractivity contribution in [2.45, 2.75) is 70.7 Å². The van der Waals surface area contributed by atoms with Crippen LogP contribution in [0, 0.1) is 0 Å². The fourth-order valence-corrected chi connectivity index (χ4v) is 2.26. The van der Waals surface area contributed by atoms with Gasteiger partial charge in [-0.05, 0) is 18.9 Å². The lowest BCUT2D eigenvalue weighted by Gasteiger charge is -2.33. The molecule has 118 valence electrons. The molecule has 3 atom stereocenters. The fraction of sp³-hybridized carbons (Fsp3) is 0.875. The van der Waals surface area contributed by atoms with Crippen LogP contribution in [-0.2, 0) is 14.2 Å². The normalized spacial score (nSPS) is 25.6. The van der Waals surface area contributed by atoms with E-state index in [-0.39, 0.29) is 24.9 Å². The summed E-state index contributed by atoms with van der Waals surface area (Å²) in [4.78, 5) is 0. The number of aliphatic hydroxyl groups is 1. The molecule has 0 spiro atoms. The van der Waals surface area contributed by atoms with E-state index in [9.17, 15) is 5.11 Å². The third kappa shape index (κ3) is 6.25. The summed E-state index contributed by atoms with van der Waals surface area (Å²) in [6.07, 6.45) is 9.67. The lowest BCUT2D eigenvalue weighted by Crippen LogP contribution is -2.45. The van der Waals surface area contributed by atoms with Crippen molar-refractivity contribution in [3.8, 4) is 0 Å². The molecule has 4 heteroatoms. The molecule has 1 aliphatic rings. The van der Waals surface area contributed by atoms with Crippen LogP contribution in [0.3, 0.4) is 0 Å². The predicted octanol–water partition coefficient (Wildman–Crippen LogP) is 3.04. The van der Waals surface area contributed by atoms with Gasteiger partial charge in [-0.25, -0.2) is 0 Å². The molecule has 0 saturated carbocycles. The van der Waals surface area contributed by atoms with Crippen LogP contribution in [0.25, 0.3) is 0 Å². The third-order valence-corrected chi connectivity index (χ3v) is 3.51. The number of hydrogen-bond donors (Lipinski definition) is 1. The van der Waals surface area contributed by atoms with Crippen molar-refractivity contribution in [1.29, 1.82) is 0 Å². The summed E-state index contributed by atoms with van der Waals surface area (Å²) >= 11 is 0. The van der Waals surface area contributed by atoms with E-state index < -0.39 is 0 Å². The lowest BCUT2D eigenvalue weighted by atomic mass is 10.1. The molecule has 0 fully saturated rings. The zero-order valence-corrected chi connectivity index (χ0v) is 12.9. The minimum Gasteiger partial charge on any atom is -0.493 e. The SMILES string of the molecule is CCCCCOC1C=COC(CO)C1OCCCCC. The van der Waals surface area contributed by atoms with Gasteiger partial charge in [0.25, 0.3) is 0 Å². The van der Waals surface area contributed by atoms with Gasteiger partial charge in [-0.1, -0.05) is 39.5 Å². The Morgan fingerprint density at radius 1 is 1.00 bits per heavy atom. The molecule has 0 aromatic rings. The zero-order valence-electron chi connectivity index (χ0n) is 12.9. The standard InChI is InChI=1S/C16H30O4/c1-3-5-7-10-18-14-9-12-19-15(13-17)16(14)20-11-8-6-4-2/h9,12,14-17H,3-8,10-11,13H2,1-2H3. The molecule has 0 aliphatic carbocycles. The highest BCUT2D eigenvalue weighted by molar-refractivity contribution is 4.98. The van der Waals surface area contributed by atoms with E-state index in [4.69, 9.17) is 14.2 Å². The first kappa shape index (κ1) is 17.5. The topological polar surface area (TPSA) is 47.9 Å². The number of ether oxygens (including phenoxy) is 3. The van der Waals surface area contributed by atoms with Crippen LogP contribution >= 0.6 is 0 Å². The molecule has 4 nitrogen and oxygen atoms in total. The van der Waals surface area contributed by atoms with Gasteiger partial charge in [0.1, 0.15) is 18.3 Å². The Balaban J connectivity index is 2.40. The minimum atomic E-state index is -0.321. The van der Waals surface area contributed by atoms with Gasteiger partial charge in [0.05, 0.1) is 12.9 Å². The van der Waals surface area contributed by atoms with Crippen molar-refractivity contribution < 1.29 is 19.3 Å². The maximum absolute atomic E-state index is 9.40. The number of unbranched alkanes of at least 4 members (excludes halogenated alkanes) is 4. The maximum Gasteiger partial charge on any atom is 0.150 e. The van der Waals surface area contributed by atoms with Crippen molar-refractivity contribution in [2.75, 3.05) is 19.8 Å². The maximum atomic E-state index is 9.40. The van der Waals surface area contributed by atoms with Crippen molar-refractivity contribution in [3.63, 3.8) is 0 Å². The quantitative estimate of drug-likeness (QED) is 0.593. The number of rotatable bonds is 11. The molecule has 0 amide bonds. The summed E-state index contributed by atoms with van der Waals surface area (Å²) < 4.78 is 17.2. The zero-order chi connectivity index (χ0) is 14.6. The van der Waals surface area contributed by atoms with Crippen LogP contribution in [-0.4, -0.2) is 43.2 Å². The van der Waals surface area contributed by atoms with Crippen molar-refractivity contribution in [3.05, 3.63) is 12.3 Å². The van der Waals surface area contributed by atoms with Gasteiger partial charge in [0.15, 0.2) is 0 Å². The van der Waals surface area contributed by atoms with Gasteiger partial charge in [0.2, 0.25) is 0 Å². The third-order valence-electron chi connectivity index (χ3n) is 3.51. The molecule has 3 unspecified atom stereocenters. The summed E-state index contributed by atoms with van der Waals surface area (Å²) in [5, 5.41) is 9.40. The highest BCUT2D eigenvalue weighted by Crippen LogP contribution is 2.19. The van der Waals surface area contributed by atoms with Crippen LogP contribution in [0.4, 0.5) is 0 Å². The van der Waals surface area contributed by atoms with E-state index in [0.29, 0.717) is 6.61 Å². The Bertz CT molecular complexity index is 255. The van der Waals surface area contributed by atoms with E-state index in [1.54, 1.807) is 6.26 Å². The van der Waals surface area contributed by atoms with E-state index in [1.807, 2.05) is 6.08 Å². The number of hydrogen-bond acceptors (Lipinski definition) is 4. The van der Waals surface area contributed by atoms with Gasteiger partial charge in [-0.15, -0.1) is 0 Å². The summed E-state index contributed by atoms with van der Waals surface area (Å²) in [6.45, 7) is 5.73. The molecule has 0 radical (unpaired) electrons. The molecule has 1 N–H and O–H groups in total. The Labute approximate surface area is 123 Å². The van der Waals surface area contributed by atoms with E-state index in [2.05, 4.69) is 13.8 Å². The van der Waals surface area contributed by atoms with E-state index in [0.717, 1.165) is 25.9 Å². The molecule has 0 aromatic heterocycles. The predicted molar refractivity (Wildman–Crippen MR) is 79.6 cm³/mol. The van der Waals surface area contributed by atoms with Crippen LogP contribution in [0.15, 0.2) is 12.3 Å². The Kier molecular flexibility index (Phi) is 9.71. The van der Waals surface area contributed by atoms with Crippen LogP contribution in [0.2, 0.25) is 0 Å². The molecule has 1 heterocycles. The first-order valence-electron chi connectivity index (χ1n) is 7.99. The monoisotopic (exact) mass is 286 g/mol. The summed E-state index contributed by atoms with van der Waals surface area (Å²) in [5.41, 5.74) is 0. The largest absolute Gasteiger partial charge is 0.493 e. The summed E-state index contributed by atoms with van der Waals surface area (Å²) in [5.74, 6) is 0. The molecule has 0 aromatic carbocycles. The van der Waals surface area contributed by atoms with Crippen LogP contribution in [0.1, 0.15) is 52.4 Å². The summed E-state index contributed by atoms with van der Waals surface area (Å²) in [7, 11) is 0. The first-order chi connectivity index (χ1) is 9.83. The number of aliphatic hydroxyl groups excluding tert-OH is 1. The second kappa shape index (κ2) is 11.1. The van der Waals surface area contributed by atoms with E-state index in [1.165, 1.54) is 19.3 Å². The van der Waals surface area contributed by atoms with Crippen molar-refractivity contribution in [2.24, 2.45) is 0 Å². The lowest BCUT2D eigenvalue weighted by molar-refractivity contribution is -0.132. The second-order valence-electron chi connectivity index (χ2n) is 5.27. The molecular weight excluding hydrogens is 256 g/mol. The average Bonchev–Trinajstić information content (AvgIpc) is 2.48. The van der Waals surface area contributed by atoms with Crippen LogP contribution < -0.4 is 0 Å². The van der Waals surface area contributed by atoms with Crippen LogP contribution in [0.5, 0.6) is 0 Å². The Hall–Kier alpha value is -0.580. The summed E-state index contributed by atoms with van der Waals surface area (Å²) in [6, 6.07) is 0. The van der Waals surface area contributed by atoms with Gasteiger partial charge in [-0.3, -0.25) is 0 Å². The Morgan fingerprint density at radius 2 is 1.65 bits per heavy atom. The molecule has 0 bridgehead atoms. The average molecular weight is 286 g/mol. The molecule has 0 saturated heterocycles. The van der Waals surface area contributed by atoms with Gasteiger partial charge >= 0.3 is 0 Å². The molecule has 20 heavy (non-hydrogen) atoms. The van der Waals surface area contributed by atoms with Crippen molar-refractivity contribution >= 4 is 0 Å². The molecule has 1 rings (SSSR count). The smallest absolute Gasteiger partial charge is 0.150 e. The van der Waals surface area contributed by atoms with E-state index >= 15 is 0 Å². The van der Waals surface area contributed by atoms with Gasteiger partial charge in [-0.2, -0.15) is 0 Å². The van der Waals surface area contributed by atoms with Gasteiger partial charge < -0.3 is 19.3 Å². The molecular formula is C16H30O4.